The molecule has 1 unspecified atom stereocenters. The van der Waals surface area contributed by atoms with Gasteiger partial charge in [0.05, 0.1) is 0 Å². The summed E-state index contributed by atoms with van der Waals surface area (Å²) in [6.45, 7) is 1.62. The normalized spacial score (nSPS) is 22.8. The minimum absolute atomic E-state index is 0.0630. The molecule has 1 heterocycles. The van der Waals surface area contributed by atoms with Gasteiger partial charge in [-0.1, -0.05) is 49.6 Å². The van der Waals surface area contributed by atoms with Crippen molar-refractivity contribution in [2.24, 2.45) is 0 Å². The van der Waals surface area contributed by atoms with Crippen LogP contribution >= 0.6 is 0 Å². The second kappa shape index (κ2) is 6.31. The van der Waals surface area contributed by atoms with E-state index in [9.17, 15) is 4.79 Å². The van der Waals surface area contributed by atoms with Crippen molar-refractivity contribution >= 4 is 5.91 Å². The molecule has 1 fully saturated rings. The highest BCUT2D eigenvalue weighted by Gasteiger charge is 2.31. The summed E-state index contributed by atoms with van der Waals surface area (Å²) < 4.78 is 0. The van der Waals surface area contributed by atoms with E-state index in [1.165, 1.54) is 32.1 Å². The van der Waals surface area contributed by atoms with E-state index in [1.54, 1.807) is 11.8 Å². The third-order valence-electron chi connectivity index (χ3n) is 4.31. The highest BCUT2D eigenvalue weighted by Crippen LogP contribution is 2.30. The first-order valence-corrected chi connectivity index (χ1v) is 7.82. The number of rotatable bonds is 3. The molecule has 4 heteroatoms. The molecule has 0 bridgehead atoms. The topological polar surface area (TPSA) is 35.6 Å². The molecular weight excluding hydrogens is 262 g/mol. The third-order valence-corrected chi connectivity index (χ3v) is 4.31. The van der Waals surface area contributed by atoms with E-state index in [0.29, 0.717) is 6.04 Å². The Morgan fingerprint density at radius 1 is 1.10 bits per heavy atom. The Labute approximate surface area is 126 Å². The number of carbonyl (C=O) groups excluding carboxylic acids is 1. The summed E-state index contributed by atoms with van der Waals surface area (Å²) in [4.78, 5) is 13.7. The molecule has 1 atom stereocenters. The fourth-order valence-electron chi connectivity index (χ4n) is 3.22. The highest BCUT2D eigenvalue weighted by molar-refractivity contribution is 5.75. The predicted octanol–water partition coefficient (Wildman–Crippen LogP) is 3.16. The van der Waals surface area contributed by atoms with Crippen LogP contribution in [0, 0.1) is 0 Å². The van der Waals surface area contributed by atoms with Crippen LogP contribution in [0.4, 0.5) is 0 Å². The van der Waals surface area contributed by atoms with Crippen molar-refractivity contribution in [3.05, 3.63) is 48.3 Å². The van der Waals surface area contributed by atoms with Crippen molar-refractivity contribution in [3.63, 3.8) is 0 Å². The average Bonchev–Trinajstić information content (AvgIpc) is 2.93. The largest absolute Gasteiger partial charge is 0.291 e. The van der Waals surface area contributed by atoms with Gasteiger partial charge in [0.1, 0.15) is 6.17 Å². The molecule has 1 aromatic carbocycles. The van der Waals surface area contributed by atoms with Crippen molar-refractivity contribution in [2.75, 3.05) is 0 Å². The van der Waals surface area contributed by atoms with Crippen molar-refractivity contribution < 1.29 is 4.79 Å². The highest BCUT2D eigenvalue weighted by atomic mass is 16.2. The van der Waals surface area contributed by atoms with Gasteiger partial charge in [-0.15, -0.1) is 0 Å². The lowest BCUT2D eigenvalue weighted by molar-refractivity contribution is -0.130. The summed E-state index contributed by atoms with van der Waals surface area (Å²) in [5, 5.41) is 2.09. The molecule has 1 amide bonds. The lowest BCUT2D eigenvalue weighted by Crippen LogP contribution is -2.46. The summed E-state index contributed by atoms with van der Waals surface area (Å²) in [5.74, 6) is 0.0630. The van der Waals surface area contributed by atoms with E-state index in [2.05, 4.69) is 22.6 Å². The maximum absolute atomic E-state index is 11.9. The number of benzene rings is 1. The van der Waals surface area contributed by atoms with Crippen molar-refractivity contribution in [3.8, 4) is 0 Å². The summed E-state index contributed by atoms with van der Waals surface area (Å²) in [6.07, 6.45) is 10.1. The quantitative estimate of drug-likeness (QED) is 0.926. The molecule has 0 saturated heterocycles. The Balaban J connectivity index is 1.78. The smallest absolute Gasteiger partial charge is 0.225 e. The number of hydrazine groups is 1. The fraction of sp³-hybridized carbons (Fsp3) is 0.471. The van der Waals surface area contributed by atoms with Crippen LogP contribution < -0.4 is 5.43 Å². The zero-order chi connectivity index (χ0) is 14.7. The first kappa shape index (κ1) is 14.1. The maximum atomic E-state index is 11.9. The van der Waals surface area contributed by atoms with Gasteiger partial charge in [-0.25, -0.2) is 5.43 Å². The molecule has 21 heavy (non-hydrogen) atoms. The Kier molecular flexibility index (Phi) is 4.25. The molecule has 1 aliphatic carbocycles. The Morgan fingerprint density at radius 2 is 1.81 bits per heavy atom. The fourth-order valence-corrected chi connectivity index (χ4v) is 3.22. The number of hydrogen-bond acceptors (Lipinski definition) is 3. The lowest BCUT2D eigenvalue weighted by atomic mass is 9.96. The molecule has 1 N–H and O–H groups in total. The SMILES string of the molecule is CC(=O)N1C=CN(NC2CCCCC2)C1c1ccccc1. The van der Waals surface area contributed by atoms with Crippen LogP contribution in [-0.4, -0.2) is 21.9 Å². The van der Waals surface area contributed by atoms with Gasteiger partial charge in [-0.3, -0.25) is 14.7 Å². The minimum Gasteiger partial charge on any atom is -0.291 e. The lowest BCUT2D eigenvalue weighted by Gasteiger charge is -2.35. The molecule has 4 nitrogen and oxygen atoms in total. The molecule has 0 spiro atoms. The van der Waals surface area contributed by atoms with Crippen molar-refractivity contribution in [2.45, 2.75) is 51.2 Å². The van der Waals surface area contributed by atoms with Crippen LogP contribution in [0.5, 0.6) is 0 Å². The summed E-state index contributed by atoms with van der Waals surface area (Å²) in [6, 6.07) is 10.7. The zero-order valence-electron chi connectivity index (χ0n) is 12.5. The molecule has 1 aromatic rings. The van der Waals surface area contributed by atoms with Gasteiger partial charge >= 0.3 is 0 Å². The molecule has 0 radical (unpaired) electrons. The predicted molar refractivity (Wildman–Crippen MR) is 82.7 cm³/mol. The van der Waals surface area contributed by atoms with Crippen LogP contribution in [0.25, 0.3) is 0 Å². The Bertz CT molecular complexity index is 508. The minimum atomic E-state index is -0.0781. The van der Waals surface area contributed by atoms with E-state index in [0.717, 1.165) is 5.56 Å². The Hall–Kier alpha value is -1.81. The van der Waals surface area contributed by atoms with E-state index in [4.69, 9.17) is 0 Å². The maximum Gasteiger partial charge on any atom is 0.225 e. The van der Waals surface area contributed by atoms with Gasteiger partial charge in [-0.2, -0.15) is 0 Å². The third kappa shape index (κ3) is 3.10. The van der Waals surface area contributed by atoms with Gasteiger partial charge in [0.2, 0.25) is 5.91 Å². The molecule has 1 saturated carbocycles. The summed E-state index contributed by atoms with van der Waals surface area (Å²) >= 11 is 0. The second-order valence-corrected chi connectivity index (χ2v) is 5.88. The first-order valence-electron chi connectivity index (χ1n) is 7.82. The van der Waals surface area contributed by atoms with E-state index in [1.807, 2.05) is 30.6 Å². The van der Waals surface area contributed by atoms with Crippen LogP contribution in [0.3, 0.4) is 0 Å². The molecule has 112 valence electrons. The van der Waals surface area contributed by atoms with Crippen LogP contribution in [0.1, 0.15) is 50.8 Å². The van der Waals surface area contributed by atoms with Gasteiger partial charge in [-0.05, 0) is 18.4 Å². The van der Waals surface area contributed by atoms with E-state index < -0.39 is 0 Å². The van der Waals surface area contributed by atoms with Gasteiger partial charge < -0.3 is 0 Å². The number of nitrogens with zero attached hydrogens (tertiary/aromatic N) is 2. The molecule has 3 rings (SSSR count). The summed E-state index contributed by atoms with van der Waals surface area (Å²) in [7, 11) is 0. The van der Waals surface area contributed by atoms with Crippen LogP contribution in [0.2, 0.25) is 0 Å². The van der Waals surface area contributed by atoms with Crippen LogP contribution in [-0.2, 0) is 4.79 Å². The monoisotopic (exact) mass is 285 g/mol. The summed E-state index contributed by atoms with van der Waals surface area (Å²) in [5.41, 5.74) is 4.73. The van der Waals surface area contributed by atoms with E-state index in [-0.39, 0.29) is 12.1 Å². The molecule has 0 aromatic heterocycles. The van der Waals surface area contributed by atoms with E-state index >= 15 is 0 Å². The average molecular weight is 285 g/mol. The molecular formula is C17H23N3O. The molecule has 2 aliphatic rings. The Morgan fingerprint density at radius 3 is 2.48 bits per heavy atom. The standard InChI is InChI=1S/C17H23N3O/c1-14(21)19-12-13-20(18-16-10-6-3-7-11-16)17(19)15-8-4-2-5-9-15/h2,4-5,8-9,12-13,16-18H,3,6-7,10-11H2,1H3. The zero-order valence-corrected chi connectivity index (χ0v) is 12.5. The van der Waals surface area contributed by atoms with Crippen molar-refractivity contribution in [1.82, 2.24) is 15.3 Å². The van der Waals surface area contributed by atoms with Crippen LogP contribution in [0.15, 0.2) is 42.7 Å². The van der Waals surface area contributed by atoms with Gasteiger partial charge in [0.15, 0.2) is 0 Å². The number of nitrogens with one attached hydrogen (secondary N) is 1. The second-order valence-electron chi connectivity index (χ2n) is 5.88. The number of hydrogen-bond donors (Lipinski definition) is 1. The number of amides is 1. The number of carbonyl (C=O) groups is 1. The van der Waals surface area contributed by atoms with Gasteiger partial charge in [0.25, 0.3) is 0 Å². The van der Waals surface area contributed by atoms with Gasteiger partial charge in [0, 0.05) is 25.4 Å². The first-order chi connectivity index (χ1) is 10.3. The van der Waals surface area contributed by atoms with Crippen molar-refractivity contribution in [1.29, 1.82) is 0 Å². The molecule has 1 aliphatic heterocycles.